The highest BCUT2D eigenvalue weighted by molar-refractivity contribution is 5.99. The second-order valence-corrected chi connectivity index (χ2v) is 7.82. The Morgan fingerprint density at radius 3 is 2.66 bits per heavy atom. The van der Waals surface area contributed by atoms with E-state index in [1.54, 1.807) is 25.1 Å². The molecule has 1 atom stereocenters. The summed E-state index contributed by atoms with van der Waals surface area (Å²) in [6.45, 7) is 7.28. The second-order valence-electron chi connectivity index (χ2n) is 7.82. The lowest BCUT2D eigenvalue weighted by Crippen LogP contribution is -2.42. The predicted octanol–water partition coefficient (Wildman–Crippen LogP) is 3.37. The normalized spacial score (nSPS) is 16.4. The van der Waals surface area contributed by atoms with E-state index in [-0.39, 0.29) is 23.7 Å². The van der Waals surface area contributed by atoms with E-state index in [1.165, 1.54) is 4.57 Å². The van der Waals surface area contributed by atoms with Gasteiger partial charge in [-0.3, -0.25) is 9.59 Å². The van der Waals surface area contributed by atoms with Crippen LogP contribution in [-0.2, 0) is 11.3 Å². The fraction of sp³-hybridized carbons (Fsp3) is 0.409. The molecular weight excluding hydrogens is 368 g/mol. The number of aryl methyl sites for hydroxylation is 2. The lowest BCUT2D eigenvalue weighted by molar-refractivity contribution is -0.133. The number of amides is 3. The number of carbonyl (C=O) groups excluding carboxylic acids is 2. The minimum atomic E-state index is -0.501. The highest BCUT2D eigenvalue weighted by Crippen LogP contribution is 2.16. The molecule has 0 saturated carbocycles. The monoisotopic (exact) mass is 396 g/mol. The Balaban J connectivity index is 1.72. The maximum absolute atomic E-state index is 12.9. The van der Waals surface area contributed by atoms with Crippen molar-refractivity contribution in [1.82, 2.24) is 9.47 Å². The molecule has 0 aliphatic carbocycles. The van der Waals surface area contributed by atoms with Crippen molar-refractivity contribution in [3.8, 4) is 0 Å². The van der Waals surface area contributed by atoms with Crippen LogP contribution in [0.1, 0.15) is 31.0 Å². The molecule has 7 nitrogen and oxygen atoms in total. The number of rotatable bonds is 4. The molecule has 1 aliphatic heterocycles. The molecule has 1 aliphatic rings. The average Bonchev–Trinajstić information content (AvgIpc) is 2.67. The summed E-state index contributed by atoms with van der Waals surface area (Å²) < 4.78 is 1.42. The molecule has 1 saturated heterocycles. The fourth-order valence-electron chi connectivity index (χ4n) is 3.62. The SMILES string of the molecule is Cc1cccc(NC(=O)Nc2ccc(C)n(CC(=O)N3CCC[C@@H](C)C3)c2=O)c1. The van der Waals surface area contributed by atoms with Crippen molar-refractivity contribution in [1.29, 1.82) is 0 Å². The Kier molecular flexibility index (Phi) is 6.36. The number of pyridine rings is 1. The molecule has 2 aromatic rings. The third-order valence-corrected chi connectivity index (χ3v) is 5.22. The molecule has 1 aromatic carbocycles. The van der Waals surface area contributed by atoms with Crippen LogP contribution in [0.25, 0.3) is 0 Å². The zero-order valence-corrected chi connectivity index (χ0v) is 17.2. The van der Waals surface area contributed by atoms with E-state index in [1.807, 2.05) is 30.0 Å². The maximum atomic E-state index is 12.9. The average molecular weight is 396 g/mol. The Labute approximate surface area is 170 Å². The van der Waals surface area contributed by atoms with Gasteiger partial charge in [-0.15, -0.1) is 0 Å². The Hall–Kier alpha value is -3.09. The number of hydrogen-bond donors (Lipinski definition) is 2. The summed E-state index contributed by atoms with van der Waals surface area (Å²) in [6, 6.07) is 10.2. The molecule has 7 heteroatoms. The second kappa shape index (κ2) is 8.94. The molecule has 29 heavy (non-hydrogen) atoms. The first-order valence-electron chi connectivity index (χ1n) is 9.96. The molecule has 1 aromatic heterocycles. The van der Waals surface area contributed by atoms with Crippen LogP contribution in [0.3, 0.4) is 0 Å². The van der Waals surface area contributed by atoms with Crippen LogP contribution in [0.15, 0.2) is 41.2 Å². The van der Waals surface area contributed by atoms with Crippen LogP contribution >= 0.6 is 0 Å². The third kappa shape index (κ3) is 5.25. The molecule has 0 unspecified atom stereocenters. The number of aromatic nitrogens is 1. The van der Waals surface area contributed by atoms with Crippen LogP contribution in [0, 0.1) is 19.8 Å². The van der Waals surface area contributed by atoms with Crippen molar-refractivity contribution in [2.24, 2.45) is 5.92 Å². The molecule has 3 rings (SSSR count). The molecular formula is C22H28N4O3. The molecule has 0 radical (unpaired) electrons. The lowest BCUT2D eigenvalue weighted by atomic mass is 10.0. The van der Waals surface area contributed by atoms with E-state index in [2.05, 4.69) is 17.6 Å². The van der Waals surface area contributed by atoms with Gasteiger partial charge in [-0.2, -0.15) is 0 Å². The quantitative estimate of drug-likeness (QED) is 0.831. The van der Waals surface area contributed by atoms with Gasteiger partial charge in [0.15, 0.2) is 0 Å². The molecule has 0 spiro atoms. The number of urea groups is 1. The smallest absolute Gasteiger partial charge is 0.323 e. The van der Waals surface area contributed by atoms with E-state index in [0.717, 1.165) is 31.5 Å². The van der Waals surface area contributed by atoms with Crippen molar-refractivity contribution < 1.29 is 9.59 Å². The fourth-order valence-corrected chi connectivity index (χ4v) is 3.62. The predicted molar refractivity (Wildman–Crippen MR) is 114 cm³/mol. The topological polar surface area (TPSA) is 83.4 Å². The van der Waals surface area contributed by atoms with E-state index >= 15 is 0 Å². The number of hydrogen-bond acceptors (Lipinski definition) is 3. The van der Waals surface area contributed by atoms with Gasteiger partial charge < -0.3 is 20.1 Å². The van der Waals surface area contributed by atoms with Gasteiger partial charge in [-0.25, -0.2) is 4.79 Å². The van der Waals surface area contributed by atoms with E-state index in [4.69, 9.17) is 0 Å². The largest absolute Gasteiger partial charge is 0.341 e. The Morgan fingerprint density at radius 2 is 1.93 bits per heavy atom. The number of benzene rings is 1. The first-order valence-corrected chi connectivity index (χ1v) is 9.96. The summed E-state index contributed by atoms with van der Waals surface area (Å²) in [5.41, 5.74) is 2.09. The number of piperidine rings is 1. The zero-order valence-electron chi connectivity index (χ0n) is 17.2. The van der Waals surface area contributed by atoms with Crippen molar-refractivity contribution >= 4 is 23.3 Å². The highest BCUT2D eigenvalue weighted by atomic mass is 16.2. The van der Waals surface area contributed by atoms with E-state index < -0.39 is 6.03 Å². The maximum Gasteiger partial charge on any atom is 0.323 e. The number of likely N-dealkylation sites (tertiary alicyclic amines) is 1. The van der Waals surface area contributed by atoms with Crippen molar-refractivity contribution in [3.63, 3.8) is 0 Å². The molecule has 2 N–H and O–H groups in total. The first kappa shape index (κ1) is 20.6. The zero-order chi connectivity index (χ0) is 21.0. The minimum absolute atomic E-state index is 0.0214. The van der Waals surface area contributed by atoms with Gasteiger partial charge in [0, 0.05) is 24.5 Å². The summed E-state index contributed by atoms with van der Waals surface area (Å²) in [6.07, 6.45) is 2.11. The van der Waals surface area contributed by atoms with Crippen LogP contribution in [0.4, 0.5) is 16.2 Å². The van der Waals surface area contributed by atoms with Gasteiger partial charge in [0.25, 0.3) is 5.56 Å². The van der Waals surface area contributed by atoms with Crippen LogP contribution in [0.5, 0.6) is 0 Å². The van der Waals surface area contributed by atoms with E-state index in [9.17, 15) is 14.4 Å². The summed E-state index contributed by atoms with van der Waals surface area (Å²) in [7, 11) is 0. The third-order valence-electron chi connectivity index (χ3n) is 5.22. The van der Waals surface area contributed by atoms with Crippen molar-refractivity contribution in [2.45, 2.75) is 40.2 Å². The lowest BCUT2D eigenvalue weighted by Gasteiger charge is -2.31. The molecule has 1 fully saturated rings. The molecule has 0 bridgehead atoms. The van der Waals surface area contributed by atoms with Gasteiger partial charge in [0.05, 0.1) is 0 Å². The Bertz CT molecular complexity index is 967. The molecule has 2 heterocycles. The molecule has 3 amide bonds. The van der Waals surface area contributed by atoms with Crippen LogP contribution in [0.2, 0.25) is 0 Å². The standard InChI is InChI=1S/C22H28N4O3/c1-15-6-4-8-18(12-15)23-22(29)24-19-10-9-17(3)26(21(19)28)14-20(27)25-11-5-7-16(2)13-25/h4,6,8-10,12,16H,5,7,11,13-14H2,1-3H3,(H2,23,24,29)/t16-/m1/s1. The number of anilines is 2. The number of carbonyl (C=O) groups is 2. The van der Waals surface area contributed by atoms with Gasteiger partial charge in [0.2, 0.25) is 5.91 Å². The van der Waals surface area contributed by atoms with Crippen molar-refractivity contribution in [2.75, 3.05) is 23.7 Å². The summed E-state index contributed by atoms with van der Waals surface area (Å²) in [5.74, 6) is 0.409. The van der Waals surface area contributed by atoms with Crippen molar-refractivity contribution in [3.05, 3.63) is 58.0 Å². The summed E-state index contributed by atoms with van der Waals surface area (Å²) in [4.78, 5) is 39.7. The van der Waals surface area contributed by atoms with Crippen LogP contribution in [-0.4, -0.2) is 34.5 Å². The van der Waals surface area contributed by atoms with Gasteiger partial charge >= 0.3 is 6.03 Å². The van der Waals surface area contributed by atoms with Gasteiger partial charge in [0.1, 0.15) is 12.2 Å². The first-order chi connectivity index (χ1) is 13.8. The summed E-state index contributed by atoms with van der Waals surface area (Å²) in [5, 5.41) is 5.31. The number of nitrogens with one attached hydrogen (secondary N) is 2. The highest BCUT2D eigenvalue weighted by Gasteiger charge is 2.22. The Morgan fingerprint density at radius 1 is 1.14 bits per heavy atom. The minimum Gasteiger partial charge on any atom is -0.341 e. The summed E-state index contributed by atoms with van der Waals surface area (Å²) >= 11 is 0. The molecule has 154 valence electrons. The van der Waals surface area contributed by atoms with Crippen LogP contribution < -0.4 is 16.2 Å². The number of nitrogens with zero attached hydrogens (tertiary/aromatic N) is 2. The van der Waals surface area contributed by atoms with Gasteiger partial charge in [-0.1, -0.05) is 19.1 Å². The van der Waals surface area contributed by atoms with E-state index in [0.29, 0.717) is 17.3 Å². The van der Waals surface area contributed by atoms with Gasteiger partial charge in [-0.05, 0) is 62.4 Å².